The highest BCUT2D eigenvalue weighted by Gasteiger charge is 2.21. The Morgan fingerprint density at radius 2 is 2.07 bits per heavy atom. The number of likely N-dealkylation sites (N-methyl/N-ethyl adjacent to an activating group) is 1. The van der Waals surface area contributed by atoms with Gasteiger partial charge < -0.3 is 19.5 Å². The molecule has 2 N–H and O–H groups in total. The van der Waals surface area contributed by atoms with Gasteiger partial charge in [-0.2, -0.15) is 0 Å². The van der Waals surface area contributed by atoms with Crippen LogP contribution in [0.4, 0.5) is 5.69 Å². The minimum Gasteiger partial charge on any atom is -0.506 e. The molecule has 0 bridgehead atoms. The predicted octanol–water partition coefficient (Wildman–Crippen LogP) is 4.51. The molecule has 0 radical (unpaired) electrons. The van der Waals surface area contributed by atoms with Gasteiger partial charge in [0.15, 0.2) is 5.76 Å². The largest absolute Gasteiger partial charge is 0.506 e. The average molecular weight is 408 g/mol. The van der Waals surface area contributed by atoms with Crippen molar-refractivity contribution in [3.63, 3.8) is 0 Å². The predicted molar refractivity (Wildman–Crippen MR) is 114 cm³/mol. The molecule has 0 fully saturated rings. The number of anilines is 1. The molecule has 6 nitrogen and oxygen atoms in total. The second-order valence-corrected chi connectivity index (χ2v) is 7.81. The van der Waals surface area contributed by atoms with E-state index in [-0.39, 0.29) is 17.1 Å². The first-order valence-electron chi connectivity index (χ1n) is 9.29. The second kappa shape index (κ2) is 6.39. The molecule has 2 aromatic carbocycles. The number of aromatic hydroxyl groups is 1. The highest BCUT2D eigenvalue weighted by Crippen LogP contribution is 2.39. The fourth-order valence-corrected chi connectivity index (χ4v) is 4.24. The zero-order valence-electron chi connectivity index (χ0n) is 15.9. The van der Waals surface area contributed by atoms with Crippen LogP contribution in [0.1, 0.15) is 11.3 Å². The normalized spacial score (nSPS) is 13.3. The minimum atomic E-state index is -0.462. The number of hydrogen-bond donors (Lipinski definition) is 2. The standard InChI is InChI=1S/C22H18ClN3O3/c1-11-7-19(29-25-11)20-21(27)15-9-14(16(23)10-17(15)24-22(20)28)12-3-4-18-13(8-12)5-6-26(18)2/h3-4,7-10H,5-6H2,1-2H3,(H2,24,27,28). The molecule has 29 heavy (non-hydrogen) atoms. The van der Waals surface area contributed by atoms with Crippen LogP contribution in [0.25, 0.3) is 33.4 Å². The number of aromatic nitrogens is 2. The number of rotatable bonds is 2. The van der Waals surface area contributed by atoms with Crippen LogP contribution in [-0.4, -0.2) is 28.8 Å². The van der Waals surface area contributed by atoms with Gasteiger partial charge in [0.1, 0.15) is 11.3 Å². The van der Waals surface area contributed by atoms with Crippen LogP contribution in [-0.2, 0) is 6.42 Å². The van der Waals surface area contributed by atoms with Gasteiger partial charge in [0, 0.05) is 36.3 Å². The zero-order valence-corrected chi connectivity index (χ0v) is 16.7. The number of fused-ring (bicyclic) bond motifs is 2. The number of hydrogen-bond acceptors (Lipinski definition) is 5. The number of benzene rings is 2. The molecular formula is C22H18ClN3O3. The van der Waals surface area contributed by atoms with Crippen LogP contribution in [0.3, 0.4) is 0 Å². The SMILES string of the molecule is Cc1cc(-c2c(O)c3cc(-c4ccc5c(c4)CCN5C)c(Cl)cc3[nH]c2=O)on1. The molecule has 7 heteroatoms. The molecule has 3 heterocycles. The van der Waals surface area contributed by atoms with Crippen molar-refractivity contribution in [3.8, 4) is 28.2 Å². The van der Waals surface area contributed by atoms with Crippen molar-refractivity contribution >= 4 is 28.2 Å². The molecule has 2 aromatic heterocycles. The number of pyridine rings is 1. The number of aromatic amines is 1. The summed E-state index contributed by atoms with van der Waals surface area (Å²) in [6.07, 6.45) is 0.985. The Balaban J connectivity index is 1.72. The number of H-pyrrole nitrogens is 1. The Morgan fingerprint density at radius 1 is 1.24 bits per heavy atom. The first kappa shape index (κ1) is 17.8. The maximum Gasteiger partial charge on any atom is 0.263 e. The molecule has 0 atom stereocenters. The van der Waals surface area contributed by atoms with E-state index in [1.165, 1.54) is 11.3 Å². The maximum atomic E-state index is 12.5. The Kier molecular flexibility index (Phi) is 3.93. The molecule has 1 aliphatic heterocycles. The quantitative estimate of drug-likeness (QED) is 0.511. The first-order chi connectivity index (χ1) is 13.9. The summed E-state index contributed by atoms with van der Waals surface area (Å²) in [6.45, 7) is 2.74. The molecule has 0 spiro atoms. The summed E-state index contributed by atoms with van der Waals surface area (Å²) in [6, 6.07) is 11.3. The van der Waals surface area contributed by atoms with Crippen LogP contribution in [0.2, 0.25) is 5.02 Å². The lowest BCUT2D eigenvalue weighted by Crippen LogP contribution is -2.12. The van der Waals surface area contributed by atoms with E-state index in [0.29, 0.717) is 21.6 Å². The molecule has 0 saturated carbocycles. The van der Waals surface area contributed by atoms with E-state index < -0.39 is 5.56 Å². The zero-order chi connectivity index (χ0) is 20.3. The van der Waals surface area contributed by atoms with Crippen molar-refractivity contribution in [1.82, 2.24) is 10.1 Å². The van der Waals surface area contributed by atoms with Gasteiger partial charge in [0.05, 0.1) is 16.2 Å². The maximum absolute atomic E-state index is 12.5. The average Bonchev–Trinajstić information content (AvgIpc) is 3.27. The summed E-state index contributed by atoms with van der Waals surface area (Å²) in [5, 5.41) is 15.7. The Morgan fingerprint density at radius 3 is 2.83 bits per heavy atom. The summed E-state index contributed by atoms with van der Waals surface area (Å²) in [5.74, 6) is 0.0685. The highest BCUT2D eigenvalue weighted by atomic mass is 35.5. The molecule has 146 valence electrons. The lowest BCUT2D eigenvalue weighted by atomic mass is 9.98. The number of nitrogens with one attached hydrogen (secondary N) is 1. The fourth-order valence-electron chi connectivity index (χ4n) is 3.97. The number of halogens is 1. The van der Waals surface area contributed by atoms with E-state index in [4.69, 9.17) is 16.1 Å². The third-order valence-electron chi connectivity index (χ3n) is 5.47. The van der Waals surface area contributed by atoms with E-state index in [1.807, 2.05) is 6.07 Å². The summed E-state index contributed by atoms with van der Waals surface area (Å²) in [5.41, 5.74) is 4.93. The Bertz CT molecular complexity index is 1340. The number of aryl methyl sites for hydroxylation is 1. The summed E-state index contributed by atoms with van der Waals surface area (Å²) in [7, 11) is 2.08. The molecule has 0 unspecified atom stereocenters. The van der Waals surface area contributed by atoms with Crippen molar-refractivity contribution in [2.24, 2.45) is 0 Å². The summed E-state index contributed by atoms with van der Waals surface area (Å²) >= 11 is 6.54. The lowest BCUT2D eigenvalue weighted by molar-refractivity contribution is 0.421. The van der Waals surface area contributed by atoms with Crippen molar-refractivity contribution < 1.29 is 9.63 Å². The highest BCUT2D eigenvalue weighted by molar-refractivity contribution is 6.34. The van der Waals surface area contributed by atoms with Gasteiger partial charge in [-0.25, -0.2) is 0 Å². The van der Waals surface area contributed by atoms with Gasteiger partial charge in [0.25, 0.3) is 5.56 Å². The van der Waals surface area contributed by atoms with Gasteiger partial charge in [0.2, 0.25) is 0 Å². The topological polar surface area (TPSA) is 82.4 Å². The third kappa shape index (κ3) is 2.79. The lowest BCUT2D eigenvalue weighted by Gasteiger charge is -2.13. The summed E-state index contributed by atoms with van der Waals surface area (Å²) in [4.78, 5) is 17.5. The van der Waals surface area contributed by atoms with Gasteiger partial charge in [-0.05, 0) is 48.7 Å². The molecular weight excluding hydrogens is 390 g/mol. The van der Waals surface area contributed by atoms with Gasteiger partial charge in [-0.15, -0.1) is 0 Å². The molecule has 0 aliphatic carbocycles. The van der Waals surface area contributed by atoms with Crippen molar-refractivity contribution in [2.45, 2.75) is 13.3 Å². The van der Waals surface area contributed by atoms with Gasteiger partial charge in [-0.3, -0.25) is 4.79 Å². The molecule has 0 saturated heterocycles. The van der Waals surface area contributed by atoms with E-state index in [0.717, 1.165) is 24.1 Å². The monoisotopic (exact) mass is 407 g/mol. The van der Waals surface area contributed by atoms with Crippen molar-refractivity contribution in [3.05, 3.63) is 63.0 Å². The molecule has 5 rings (SSSR count). The molecule has 1 aliphatic rings. The Hall–Kier alpha value is -3.25. The van der Waals surface area contributed by atoms with E-state index in [1.54, 1.807) is 25.1 Å². The van der Waals surface area contributed by atoms with Crippen molar-refractivity contribution in [2.75, 3.05) is 18.5 Å². The Labute approximate surface area is 171 Å². The number of nitrogens with zero attached hydrogens (tertiary/aromatic N) is 2. The smallest absolute Gasteiger partial charge is 0.263 e. The van der Waals surface area contributed by atoms with Crippen LogP contribution in [0.15, 0.2) is 45.7 Å². The van der Waals surface area contributed by atoms with Gasteiger partial charge >= 0.3 is 0 Å². The second-order valence-electron chi connectivity index (χ2n) is 7.40. The van der Waals surface area contributed by atoms with Crippen LogP contribution < -0.4 is 10.5 Å². The van der Waals surface area contributed by atoms with Crippen molar-refractivity contribution in [1.29, 1.82) is 0 Å². The van der Waals surface area contributed by atoms with E-state index >= 15 is 0 Å². The minimum absolute atomic E-state index is 0.0574. The van der Waals surface area contributed by atoms with E-state index in [2.05, 4.69) is 34.2 Å². The first-order valence-corrected chi connectivity index (χ1v) is 9.67. The van der Waals surface area contributed by atoms with Crippen LogP contribution >= 0.6 is 11.6 Å². The van der Waals surface area contributed by atoms with Crippen LogP contribution in [0, 0.1) is 6.92 Å². The molecule has 0 amide bonds. The summed E-state index contributed by atoms with van der Waals surface area (Å²) < 4.78 is 5.20. The third-order valence-corrected chi connectivity index (χ3v) is 5.78. The molecule has 4 aromatic rings. The fraction of sp³-hybridized carbons (Fsp3) is 0.182. The van der Waals surface area contributed by atoms with Crippen LogP contribution in [0.5, 0.6) is 5.75 Å². The van der Waals surface area contributed by atoms with E-state index in [9.17, 15) is 9.90 Å². The van der Waals surface area contributed by atoms with Gasteiger partial charge in [-0.1, -0.05) is 22.8 Å².